The van der Waals surface area contributed by atoms with E-state index in [2.05, 4.69) is 34.7 Å². The lowest BCUT2D eigenvalue weighted by Crippen LogP contribution is -2.43. The van der Waals surface area contributed by atoms with Gasteiger partial charge in [-0.3, -0.25) is 4.99 Å². The van der Waals surface area contributed by atoms with Crippen LogP contribution >= 0.6 is 24.0 Å². The van der Waals surface area contributed by atoms with Crippen molar-refractivity contribution in [3.63, 3.8) is 0 Å². The molecule has 0 amide bonds. The number of hydrogen-bond donors (Lipinski definition) is 2. The fourth-order valence-corrected chi connectivity index (χ4v) is 3.89. The van der Waals surface area contributed by atoms with Gasteiger partial charge in [0.05, 0.1) is 6.61 Å². The van der Waals surface area contributed by atoms with Crippen molar-refractivity contribution in [1.82, 2.24) is 10.6 Å². The topological polar surface area (TPSA) is 64.1 Å². The summed E-state index contributed by atoms with van der Waals surface area (Å²) >= 11 is 0. The molecule has 0 aliphatic heterocycles. The molecule has 1 aromatic rings. The lowest BCUT2D eigenvalue weighted by Gasteiger charge is -2.30. The molecular weight excluding hydrogens is 493 g/mol. The average molecular weight is 533 g/mol. The number of nitrogens with zero attached hydrogens (tertiary/aromatic N) is 1. The number of halogens is 1. The van der Waals surface area contributed by atoms with Gasteiger partial charge in [0.15, 0.2) is 5.96 Å². The van der Waals surface area contributed by atoms with E-state index in [9.17, 15) is 0 Å². The number of guanidine groups is 1. The largest absolute Gasteiger partial charge is 0.493 e. The minimum Gasteiger partial charge on any atom is -0.493 e. The number of benzene rings is 1. The third kappa shape index (κ3) is 9.83. The monoisotopic (exact) mass is 533 g/mol. The Bertz CT molecular complexity index is 607. The summed E-state index contributed by atoms with van der Waals surface area (Å²) in [5.74, 6) is 1.74. The molecule has 172 valence electrons. The van der Waals surface area contributed by atoms with Gasteiger partial charge in [-0.05, 0) is 49.3 Å². The summed E-state index contributed by atoms with van der Waals surface area (Å²) in [7, 11) is 3.53. The number of rotatable bonds is 13. The van der Waals surface area contributed by atoms with Crippen molar-refractivity contribution >= 4 is 29.9 Å². The second kappa shape index (κ2) is 15.7. The summed E-state index contributed by atoms with van der Waals surface area (Å²) in [5, 5.41) is 6.98. The summed E-state index contributed by atoms with van der Waals surface area (Å²) in [4.78, 5) is 4.40. The molecular formula is C23H40IN3O3. The third-order valence-corrected chi connectivity index (χ3v) is 5.62. The minimum atomic E-state index is 0. The standard InChI is InChI=1S/C23H39N3O3.HI/c1-4-28-16-13-23(11-5-6-12-23)19-26-22(24-2)25-18-20-9-7-10-21(17-20)29-15-8-14-27-3;/h7,9-10,17H,4-6,8,11-16,18-19H2,1-3H3,(H2,24,25,26);1H. The first-order valence-corrected chi connectivity index (χ1v) is 10.9. The smallest absolute Gasteiger partial charge is 0.191 e. The van der Waals surface area contributed by atoms with E-state index in [1.807, 2.05) is 19.2 Å². The van der Waals surface area contributed by atoms with Gasteiger partial charge in [0, 0.05) is 53.5 Å². The zero-order valence-corrected chi connectivity index (χ0v) is 21.2. The second-order valence-electron chi connectivity index (χ2n) is 7.78. The number of hydrogen-bond acceptors (Lipinski definition) is 4. The van der Waals surface area contributed by atoms with Gasteiger partial charge in [0.1, 0.15) is 5.75 Å². The summed E-state index contributed by atoms with van der Waals surface area (Å²) in [6, 6.07) is 8.20. The summed E-state index contributed by atoms with van der Waals surface area (Å²) in [6.07, 6.45) is 7.18. The third-order valence-electron chi connectivity index (χ3n) is 5.62. The number of aliphatic imine (C=N–C) groups is 1. The Morgan fingerprint density at radius 1 is 1.13 bits per heavy atom. The Balaban J connectivity index is 0.00000450. The first-order valence-electron chi connectivity index (χ1n) is 10.9. The van der Waals surface area contributed by atoms with Crippen LogP contribution in [0.3, 0.4) is 0 Å². The Kier molecular flexibility index (Phi) is 14.1. The molecule has 0 spiro atoms. The van der Waals surface area contributed by atoms with Crippen LogP contribution in [0.15, 0.2) is 29.3 Å². The molecule has 0 radical (unpaired) electrons. The van der Waals surface area contributed by atoms with Crippen LogP contribution in [0, 0.1) is 5.41 Å². The van der Waals surface area contributed by atoms with Crippen LogP contribution in [0.1, 0.15) is 51.0 Å². The molecule has 2 rings (SSSR count). The van der Waals surface area contributed by atoms with E-state index in [0.717, 1.165) is 50.9 Å². The van der Waals surface area contributed by atoms with Gasteiger partial charge in [-0.15, -0.1) is 24.0 Å². The first-order chi connectivity index (χ1) is 14.2. The lowest BCUT2D eigenvalue weighted by atomic mass is 9.83. The van der Waals surface area contributed by atoms with Crippen LogP contribution in [0.2, 0.25) is 0 Å². The molecule has 0 atom stereocenters. The van der Waals surface area contributed by atoms with E-state index in [1.54, 1.807) is 7.11 Å². The normalized spacial score (nSPS) is 15.5. The molecule has 6 nitrogen and oxygen atoms in total. The summed E-state index contributed by atoms with van der Waals surface area (Å²) in [6.45, 7) is 6.74. The van der Waals surface area contributed by atoms with E-state index in [4.69, 9.17) is 14.2 Å². The predicted molar refractivity (Wildman–Crippen MR) is 134 cm³/mol. The van der Waals surface area contributed by atoms with Gasteiger partial charge >= 0.3 is 0 Å². The fraction of sp³-hybridized carbons (Fsp3) is 0.696. The number of methoxy groups -OCH3 is 1. The van der Waals surface area contributed by atoms with Crippen LogP contribution in [-0.2, 0) is 16.0 Å². The van der Waals surface area contributed by atoms with Gasteiger partial charge in [-0.25, -0.2) is 0 Å². The van der Waals surface area contributed by atoms with Gasteiger partial charge in [-0.2, -0.15) is 0 Å². The molecule has 1 aliphatic rings. The molecule has 1 saturated carbocycles. The van der Waals surface area contributed by atoms with E-state index in [1.165, 1.54) is 31.2 Å². The van der Waals surface area contributed by atoms with Crippen LogP contribution in [0.5, 0.6) is 5.75 Å². The van der Waals surface area contributed by atoms with Gasteiger partial charge in [0.2, 0.25) is 0 Å². The maximum absolute atomic E-state index is 5.79. The van der Waals surface area contributed by atoms with Crippen LogP contribution < -0.4 is 15.4 Å². The van der Waals surface area contributed by atoms with Crippen LogP contribution in [0.25, 0.3) is 0 Å². The highest BCUT2D eigenvalue weighted by molar-refractivity contribution is 14.0. The molecule has 7 heteroatoms. The Morgan fingerprint density at radius 3 is 2.63 bits per heavy atom. The molecule has 1 aromatic carbocycles. The van der Waals surface area contributed by atoms with Crippen LogP contribution in [0.4, 0.5) is 0 Å². The SMILES string of the molecule is CCOCCC1(CNC(=NC)NCc2cccc(OCCCOC)c2)CCCC1.I. The van der Waals surface area contributed by atoms with Crippen LogP contribution in [-0.4, -0.2) is 53.1 Å². The van der Waals surface area contributed by atoms with Gasteiger partial charge in [0.25, 0.3) is 0 Å². The molecule has 30 heavy (non-hydrogen) atoms. The highest BCUT2D eigenvalue weighted by atomic mass is 127. The Hall–Kier alpha value is -1.06. The number of ether oxygens (including phenoxy) is 3. The van der Waals surface area contributed by atoms with Gasteiger partial charge < -0.3 is 24.8 Å². The van der Waals surface area contributed by atoms with Crippen molar-refractivity contribution in [3.8, 4) is 5.75 Å². The average Bonchev–Trinajstić information content (AvgIpc) is 3.21. The maximum atomic E-state index is 5.79. The molecule has 1 fully saturated rings. The molecule has 2 N–H and O–H groups in total. The quantitative estimate of drug-likeness (QED) is 0.171. The second-order valence-corrected chi connectivity index (χ2v) is 7.78. The predicted octanol–water partition coefficient (Wildman–Crippen LogP) is 4.37. The molecule has 0 unspecified atom stereocenters. The molecule has 0 saturated heterocycles. The van der Waals surface area contributed by atoms with E-state index in [-0.39, 0.29) is 24.0 Å². The summed E-state index contributed by atoms with van der Waals surface area (Å²) < 4.78 is 16.5. The fourth-order valence-electron chi connectivity index (χ4n) is 3.89. The van der Waals surface area contributed by atoms with Crippen molar-refractivity contribution < 1.29 is 14.2 Å². The Labute approximate surface area is 199 Å². The first kappa shape index (κ1) is 27.0. The van der Waals surface area contributed by atoms with Gasteiger partial charge in [-0.1, -0.05) is 25.0 Å². The van der Waals surface area contributed by atoms with E-state index >= 15 is 0 Å². The van der Waals surface area contributed by atoms with Crippen molar-refractivity contribution in [1.29, 1.82) is 0 Å². The molecule has 0 bridgehead atoms. The van der Waals surface area contributed by atoms with Crippen molar-refractivity contribution in [2.24, 2.45) is 10.4 Å². The Morgan fingerprint density at radius 2 is 1.93 bits per heavy atom. The molecule has 0 heterocycles. The highest BCUT2D eigenvalue weighted by Crippen LogP contribution is 2.40. The van der Waals surface area contributed by atoms with E-state index < -0.39 is 0 Å². The minimum absolute atomic E-state index is 0. The van der Waals surface area contributed by atoms with E-state index in [0.29, 0.717) is 18.6 Å². The van der Waals surface area contributed by atoms with Crippen molar-refractivity contribution in [2.45, 2.75) is 52.0 Å². The van der Waals surface area contributed by atoms with Crippen molar-refractivity contribution in [2.75, 3.05) is 47.1 Å². The molecule has 1 aliphatic carbocycles. The highest BCUT2D eigenvalue weighted by Gasteiger charge is 2.33. The lowest BCUT2D eigenvalue weighted by molar-refractivity contribution is 0.105. The summed E-state index contributed by atoms with van der Waals surface area (Å²) in [5.41, 5.74) is 1.51. The zero-order chi connectivity index (χ0) is 20.8. The molecule has 0 aromatic heterocycles. The zero-order valence-electron chi connectivity index (χ0n) is 18.9. The maximum Gasteiger partial charge on any atom is 0.191 e. The number of nitrogens with one attached hydrogen (secondary N) is 2. The van der Waals surface area contributed by atoms with Crippen molar-refractivity contribution in [3.05, 3.63) is 29.8 Å².